The van der Waals surface area contributed by atoms with Crippen molar-refractivity contribution in [3.63, 3.8) is 0 Å². The van der Waals surface area contributed by atoms with Crippen molar-refractivity contribution in [1.29, 1.82) is 0 Å². The molecule has 0 amide bonds. The van der Waals surface area contributed by atoms with Gasteiger partial charge < -0.3 is 9.47 Å². The predicted octanol–water partition coefficient (Wildman–Crippen LogP) is 19.4. The van der Waals surface area contributed by atoms with E-state index in [0.29, 0.717) is 0 Å². The van der Waals surface area contributed by atoms with Crippen LogP contribution < -0.4 is 4.90 Å². The molecule has 2 heteroatoms. The maximum absolute atomic E-state index is 2.39. The Hall–Kier alpha value is -9.50. The summed E-state index contributed by atoms with van der Waals surface area (Å²) < 4.78 is 2.39. The van der Waals surface area contributed by atoms with Gasteiger partial charge in [0.15, 0.2) is 0 Å². The lowest BCUT2D eigenvalue weighted by molar-refractivity contribution is 1.18. The topological polar surface area (TPSA) is 8.17 Å². The average Bonchev–Trinajstić information content (AvgIpc) is 3.81. The van der Waals surface area contributed by atoms with Crippen molar-refractivity contribution < 1.29 is 0 Å². The fraction of sp³-hybridized carbons (Fsp3) is 0. The fourth-order valence-corrected chi connectivity index (χ4v) is 10.7. The molecule has 1 aromatic heterocycles. The van der Waals surface area contributed by atoms with Gasteiger partial charge in [-0.05, 0) is 144 Å². The third kappa shape index (κ3) is 7.92. The van der Waals surface area contributed by atoms with Gasteiger partial charge in [0.05, 0.1) is 11.0 Å². The van der Waals surface area contributed by atoms with Crippen molar-refractivity contribution in [2.24, 2.45) is 0 Å². The molecule has 12 aromatic carbocycles. The monoisotopic (exact) mass is 916 g/mol. The molecule has 0 aliphatic carbocycles. The van der Waals surface area contributed by atoms with E-state index in [1.165, 1.54) is 88.2 Å². The van der Waals surface area contributed by atoms with Crippen molar-refractivity contribution in [2.45, 2.75) is 0 Å². The third-order valence-corrected chi connectivity index (χ3v) is 14.2. The van der Waals surface area contributed by atoms with Gasteiger partial charge in [0.2, 0.25) is 0 Å². The fourth-order valence-electron chi connectivity index (χ4n) is 10.7. The number of fused-ring (bicyclic) bond motifs is 4. The number of para-hydroxylation sites is 2. The lowest BCUT2D eigenvalue weighted by atomic mass is 9.95. The molecule has 13 rings (SSSR count). The number of anilines is 3. The largest absolute Gasteiger partial charge is 0.310 e. The van der Waals surface area contributed by atoms with Crippen LogP contribution in [-0.4, -0.2) is 4.57 Å². The molecule has 0 aliphatic heterocycles. The maximum atomic E-state index is 2.39. The van der Waals surface area contributed by atoms with E-state index in [1.54, 1.807) is 0 Å². The van der Waals surface area contributed by atoms with E-state index in [1.807, 2.05) is 0 Å². The number of rotatable bonds is 10. The minimum absolute atomic E-state index is 1.08. The molecule has 0 saturated heterocycles. The van der Waals surface area contributed by atoms with Crippen LogP contribution in [0, 0.1) is 0 Å². The molecule has 0 spiro atoms. The molecule has 0 atom stereocenters. The second kappa shape index (κ2) is 18.4. The van der Waals surface area contributed by atoms with Gasteiger partial charge in [-0.25, -0.2) is 0 Å². The highest BCUT2D eigenvalue weighted by Crippen LogP contribution is 2.42. The second-order valence-electron chi connectivity index (χ2n) is 18.5. The predicted molar refractivity (Wildman–Crippen MR) is 306 cm³/mol. The third-order valence-electron chi connectivity index (χ3n) is 14.2. The van der Waals surface area contributed by atoms with Crippen molar-refractivity contribution in [2.75, 3.05) is 4.90 Å². The number of nitrogens with zero attached hydrogens (tertiary/aromatic N) is 2. The van der Waals surface area contributed by atoms with E-state index in [2.05, 4.69) is 301 Å². The Bertz CT molecular complexity index is 4030. The van der Waals surface area contributed by atoms with Crippen LogP contribution in [0.3, 0.4) is 0 Å². The lowest BCUT2D eigenvalue weighted by Crippen LogP contribution is -2.10. The average molecular weight is 917 g/mol. The Kier molecular flexibility index (Phi) is 10.9. The van der Waals surface area contributed by atoms with E-state index in [-0.39, 0.29) is 0 Å². The number of benzene rings is 12. The summed E-state index contributed by atoms with van der Waals surface area (Å²) >= 11 is 0. The van der Waals surface area contributed by atoms with Gasteiger partial charge in [-0.3, -0.25) is 0 Å². The smallest absolute Gasteiger partial charge is 0.0547 e. The van der Waals surface area contributed by atoms with Crippen LogP contribution in [0.4, 0.5) is 17.1 Å². The molecule has 2 nitrogen and oxygen atoms in total. The van der Waals surface area contributed by atoms with Gasteiger partial charge in [0, 0.05) is 33.5 Å². The van der Waals surface area contributed by atoms with Crippen LogP contribution in [0.15, 0.2) is 291 Å². The van der Waals surface area contributed by atoms with Crippen LogP contribution in [-0.2, 0) is 0 Å². The van der Waals surface area contributed by atoms with Gasteiger partial charge in [-0.15, -0.1) is 0 Å². The van der Waals surface area contributed by atoms with E-state index >= 15 is 0 Å². The zero-order valence-corrected chi connectivity index (χ0v) is 39.6. The van der Waals surface area contributed by atoms with E-state index in [9.17, 15) is 0 Å². The zero-order chi connectivity index (χ0) is 47.8. The van der Waals surface area contributed by atoms with Gasteiger partial charge in [0.25, 0.3) is 0 Å². The molecule has 0 fully saturated rings. The molecule has 0 aliphatic rings. The van der Waals surface area contributed by atoms with E-state index in [0.717, 1.165) is 33.9 Å². The Morgan fingerprint density at radius 3 is 1.33 bits per heavy atom. The van der Waals surface area contributed by atoms with Crippen molar-refractivity contribution in [3.05, 3.63) is 291 Å². The first-order valence-electron chi connectivity index (χ1n) is 24.7. The molecule has 338 valence electrons. The highest BCUT2D eigenvalue weighted by atomic mass is 15.1. The normalized spacial score (nSPS) is 11.3. The summed E-state index contributed by atoms with van der Waals surface area (Å²) in [6.07, 6.45) is 0. The van der Waals surface area contributed by atoms with Crippen molar-refractivity contribution >= 4 is 49.6 Å². The molecule has 0 radical (unpaired) electrons. The van der Waals surface area contributed by atoms with Gasteiger partial charge in [-0.2, -0.15) is 0 Å². The first-order chi connectivity index (χ1) is 35.7. The van der Waals surface area contributed by atoms with Crippen LogP contribution in [0.25, 0.3) is 105 Å². The first-order valence-corrected chi connectivity index (χ1v) is 24.7. The van der Waals surface area contributed by atoms with Crippen LogP contribution in [0.2, 0.25) is 0 Å². The Morgan fingerprint density at radius 1 is 0.236 bits per heavy atom. The molecule has 1 heterocycles. The summed E-state index contributed by atoms with van der Waals surface area (Å²) in [5.74, 6) is 0. The molecule has 0 unspecified atom stereocenters. The Balaban J connectivity index is 0.864. The molecule has 0 bridgehead atoms. The van der Waals surface area contributed by atoms with Crippen molar-refractivity contribution in [1.82, 2.24) is 4.57 Å². The minimum Gasteiger partial charge on any atom is -0.310 e. The number of aromatic nitrogens is 1. The summed E-state index contributed by atoms with van der Waals surface area (Å²) in [7, 11) is 0. The van der Waals surface area contributed by atoms with Gasteiger partial charge >= 0.3 is 0 Å². The Morgan fingerprint density at radius 2 is 0.667 bits per heavy atom. The summed E-state index contributed by atoms with van der Waals surface area (Å²) in [5, 5.41) is 5.02. The van der Waals surface area contributed by atoms with Crippen molar-refractivity contribution in [3.8, 4) is 72.4 Å². The minimum atomic E-state index is 1.08. The summed E-state index contributed by atoms with van der Waals surface area (Å²) in [5.41, 5.74) is 21.1. The standard InChI is InChI=1S/C70H48N2/c1-3-15-49(16-4-1)50-31-33-51(34-32-50)53-39-43-61(44-40-53)71(62-45-41-54(42-46-62)52-35-37-56(38-36-52)65-27-13-18-55-17-7-8-25-64(55)65)63-24-12-20-58(48-63)57-19-11-21-59(47-57)66-28-14-30-69-70(66)67-26-9-10-29-68(67)72(69)60-22-5-2-6-23-60/h1-48H. The second-order valence-corrected chi connectivity index (χ2v) is 18.5. The molecule has 0 saturated carbocycles. The zero-order valence-electron chi connectivity index (χ0n) is 39.6. The number of hydrogen-bond donors (Lipinski definition) is 0. The van der Waals surface area contributed by atoms with Crippen LogP contribution >= 0.6 is 0 Å². The highest BCUT2D eigenvalue weighted by molar-refractivity contribution is 6.16. The summed E-state index contributed by atoms with van der Waals surface area (Å²) in [6, 6.07) is 106. The molecular formula is C70H48N2. The maximum Gasteiger partial charge on any atom is 0.0547 e. The van der Waals surface area contributed by atoms with Crippen LogP contribution in [0.1, 0.15) is 0 Å². The first kappa shape index (κ1) is 42.6. The molecule has 0 N–H and O–H groups in total. The summed E-state index contributed by atoms with van der Waals surface area (Å²) in [6.45, 7) is 0. The molecule has 72 heavy (non-hydrogen) atoms. The van der Waals surface area contributed by atoms with Crippen LogP contribution in [0.5, 0.6) is 0 Å². The number of hydrogen-bond acceptors (Lipinski definition) is 1. The van der Waals surface area contributed by atoms with Gasteiger partial charge in [-0.1, -0.05) is 224 Å². The van der Waals surface area contributed by atoms with E-state index < -0.39 is 0 Å². The summed E-state index contributed by atoms with van der Waals surface area (Å²) in [4.78, 5) is 2.38. The highest BCUT2D eigenvalue weighted by Gasteiger charge is 2.18. The quantitative estimate of drug-likeness (QED) is 0.133. The molecule has 13 aromatic rings. The van der Waals surface area contributed by atoms with Gasteiger partial charge in [0.1, 0.15) is 0 Å². The SMILES string of the molecule is c1ccc(-c2ccc(-c3ccc(N(c4ccc(-c5ccc(-c6cccc7ccccc67)cc5)cc4)c4cccc(-c5cccc(-c6cccc7c6c6ccccc6n7-c6ccccc6)c5)c4)cc3)cc2)cc1. The Labute approximate surface area is 420 Å². The van der Waals surface area contributed by atoms with E-state index in [4.69, 9.17) is 0 Å². The lowest BCUT2D eigenvalue weighted by Gasteiger charge is -2.26. The molecular weight excluding hydrogens is 869 g/mol.